The van der Waals surface area contributed by atoms with Crippen molar-refractivity contribution in [3.05, 3.63) is 24.3 Å². The van der Waals surface area contributed by atoms with E-state index in [1.807, 2.05) is 6.92 Å². The van der Waals surface area contributed by atoms with E-state index in [4.69, 9.17) is 5.26 Å². The number of cyclic esters (lactones) is 2. The zero-order chi connectivity index (χ0) is 13.3. The van der Waals surface area contributed by atoms with Crippen LogP contribution in [0.1, 0.15) is 26.2 Å². The van der Waals surface area contributed by atoms with Crippen molar-refractivity contribution in [3.8, 4) is 0 Å². The van der Waals surface area contributed by atoms with Gasteiger partial charge in [0.05, 0.1) is 0 Å². The molecule has 17 heavy (non-hydrogen) atoms. The summed E-state index contributed by atoms with van der Waals surface area (Å²) in [6.07, 6.45) is 4.66. The molecule has 0 aromatic heterocycles. The van der Waals surface area contributed by atoms with Gasteiger partial charge in [-0.05, 0) is 12.8 Å². The molecule has 1 heterocycles. The monoisotopic (exact) mass is 242 g/mol. The summed E-state index contributed by atoms with van der Waals surface area (Å²) in [6, 6.07) is 0. The fourth-order valence-electron chi connectivity index (χ4n) is 0.860. The van der Waals surface area contributed by atoms with Gasteiger partial charge in [0, 0.05) is 17.7 Å². The van der Waals surface area contributed by atoms with Crippen molar-refractivity contribution in [2.75, 3.05) is 0 Å². The predicted octanol–water partition coefficient (Wildman–Crippen LogP) is 1.38. The summed E-state index contributed by atoms with van der Waals surface area (Å²) in [5.41, 5.74) is 0.323. The van der Waals surface area contributed by atoms with E-state index in [-0.39, 0.29) is 0 Å². The standard InChI is InChI=1S/C7H12O3.C4H2O3/c1-3-4-5-6(2)7(8)10-9;5-3-1-2-4(6)7-3/h9H,2-5H2,1H3;1-2H. The Hall–Kier alpha value is -1.95. The van der Waals surface area contributed by atoms with Crippen LogP contribution in [0.3, 0.4) is 0 Å². The first-order valence-electron chi connectivity index (χ1n) is 4.98. The molecule has 6 nitrogen and oxygen atoms in total. The van der Waals surface area contributed by atoms with Crippen molar-refractivity contribution >= 4 is 17.9 Å². The van der Waals surface area contributed by atoms with E-state index in [2.05, 4.69) is 16.2 Å². The third-order valence-electron chi connectivity index (χ3n) is 1.76. The van der Waals surface area contributed by atoms with E-state index in [1.54, 1.807) is 0 Å². The van der Waals surface area contributed by atoms with Crippen molar-refractivity contribution in [3.63, 3.8) is 0 Å². The average molecular weight is 242 g/mol. The SMILES string of the molecule is C=C(CCCC)C(=O)OO.O=C1C=CC(=O)O1. The molecule has 0 bridgehead atoms. The molecule has 0 saturated heterocycles. The molecule has 1 aliphatic rings. The van der Waals surface area contributed by atoms with Crippen molar-refractivity contribution in [2.45, 2.75) is 26.2 Å². The Bertz CT molecular complexity index is 326. The highest BCUT2D eigenvalue weighted by Crippen LogP contribution is 2.05. The molecular formula is C11H14O6. The topological polar surface area (TPSA) is 89.9 Å². The quantitative estimate of drug-likeness (QED) is 0.263. The average Bonchev–Trinajstić information content (AvgIpc) is 2.69. The fourth-order valence-corrected chi connectivity index (χ4v) is 0.860. The van der Waals surface area contributed by atoms with Gasteiger partial charge in [0.1, 0.15) is 0 Å². The van der Waals surface area contributed by atoms with E-state index in [0.717, 1.165) is 25.0 Å². The molecule has 0 unspecified atom stereocenters. The molecule has 0 saturated carbocycles. The van der Waals surface area contributed by atoms with Gasteiger partial charge in [0.2, 0.25) is 0 Å². The normalized spacial score (nSPS) is 12.6. The third kappa shape index (κ3) is 7.02. The molecule has 0 fully saturated rings. The molecule has 0 aliphatic carbocycles. The highest BCUT2D eigenvalue weighted by atomic mass is 17.1. The Morgan fingerprint density at radius 3 is 2.24 bits per heavy atom. The number of rotatable bonds is 4. The predicted molar refractivity (Wildman–Crippen MR) is 57.6 cm³/mol. The Morgan fingerprint density at radius 2 is 1.94 bits per heavy atom. The van der Waals surface area contributed by atoms with Crippen LogP contribution in [0, 0.1) is 0 Å². The number of carbonyl (C=O) groups is 3. The smallest absolute Gasteiger partial charge is 0.368 e. The lowest BCUT2D eigenvalue weighted by Crippen LogP contribution is -2.03. The van der Waals surface area contributed by atoms with Gasteiger partial charge in [0.25, 0.3) is 0 Å². The molecule has 94 valence electrons. The zero-order valence-electron chi connectivity index (χ0n) is 9.47. The van der Waals surface area contributed by atoms with Gasteiger partial charge < -0.3 is 4.74 Å². The van der Waals surface area contributed by atoms with Crippen LogP contribution in [-0.4, -0.2) is 23.2 Å². The second kappa shape index (κ2) is 8.23. The summed E-state index contributed by atoms with van der Waals surface area (Å²) < 4.78 is 3.97. The number of hydrogen-bond acceptors (Lipinski definition) is 6. The summed E-state index contributed by atoms with van der Waals surface area (Å²) in [4.78, 5) is 33.8. The van der Waals surface area contributed by atoms with Crippen LogP contribution in [0.15, 0.2) is 24.3 Å². The largest absolute Gasteiger partial charge is 0.387 e. The summed E-state index contributed by atoms with van der Waals surface area (Å²) >= 11 is 0. The second-order valence-corrected chi connectivity index (χ2v) is 3.16. The van der Waals surface area contributed by atoms with Gasteiger partial charge in [-0.2, -0.15) is 5.26 Å². The van der Waals surface area contributed by atoms with Gasteiger partial charge in [-0.1, -0.05) is 19.9 Å². The highest BCUT2D eigenvalue weighted by Gasteiger charge is 2.10. The van der Waals surface area contributed by atoms with E-state index in [0.29, 0.717) is 12.0 Å². The maximum absolute atomic E-state index is 10.4. The maximum Gasteiger partial charge on any atom is 0.368 e. The lowest BCUT2D eigenvalue weighted by atomic mass is 10.1. The van der Waals surface area contributed by atoms with Crippen LogP contribution in [0.25, 0.3) is 0 Å². The Labute approximate surface area is 98.4 Å². The number of esters is 2. The lowest BCUT2D eigenvalue weighted by molar-refractivity contribution is -0.229. The Kier molecular flexibility index (Phi) is 7.29. The number of ether oxygens (including phenoxy) is 1. The van der Waals surface area contributed by atoms with Crippen LogP contribution in [-0.2, 0) is 24.0 Å². The maximum atomic E-state index is 10.4. The van der Waals surface area contributed by atoms with Gasteiger partial charge >= 0.3 is 17.9 Å². The number of hydrogen-bond donors (Lipinski definition) is 1. The second-order valence-electron chi connectivity index (χ2n) is 3.16. The first kappa shape index (κ1) is 15.0. The first-order valence-corrected chi connectivity index (χ1v) is 4.98. The van der Waals surface area contributed by atoms with Crippen molar-refractivity contribution < 1.29 is 29.3 Å². The molecule has 0 aromatic rings. The van der Waals surface area contributed by atoms with Gasteiger partial charge in [-0.25, -0.2) is 14.4 Å². The molecule has 1 N–H and O–H groups in total. The van der Waals surface area contributed by atoms with Crippen LogP contribution in [0.4, 0.5) is 0 Å². The molecule has 0 radical (unpaired) electrons. The molecule has 0 aromatic carbocycles. The molecule has 0 atom stereocenters. The minimum Gasteiger partial charge on any atom is -0.387 e. The molecule has 0 spiro atoms. The number of unbranched alkanes of at least 4 members (excludes halogenated alkanes) is 1. The van der Waals surface area contributed by atoms with Gasteiger partial charge in [-0.3, -0.25) is 4.89 Å². The lowest BCUT2D eigenvalue weighted by Gasteiger charge is -1.98. The van der Waals surface area contributed by atoms with Crippen LogP contribution in [0.2, 0.25) is 0 Å². The summed E-state index contributed by atoms with van der Waals surface area (Å²) in [5.74, 6) is -1.89. The molecule has 1 rings (SSSR count). The molecule has 1 aliphatic heterocycles. The van der Waals surface area contributed by atoms with Gasteiger partial charge in [-0.15, -0.1) is 0 Å². The van der Waals surface area contributed by atoms with Crippen LogP contribution >= 0.6 is 0 Å². The summed E-state index contributed by atoms with van der Waals surface area (Å²) in [7, 11) is 0. The number of carbonyl (C=O) groups excluding carboxylic acids is 3. The van der Waals surface area contributed by atoms with E-state index >= 15 is 0 Å². The Morgan fingerprint density at radius 1 is 1.41 bits per heavy atom. The van der Waals surface area contributed by atoms with E-state index < -0.39 is 17.9 Å². The third-order valence-corrected chi connectivity index (χ3v) is 1.76. The minimum absolute atomic E-state index is 0.323. The van der Waals surface area contributed by atoms with Crippen LogP contribution in [0.5, 0.6) is 0 Å². The first-order chi connectivity index (χ1) is 8.01. The molecule has 0 amide bonds. The summed E-state index contributed by atoms with van der Waals surface area (Å²) in [5, 5.41) is 7.89. The fraction of sp³-hybridized carbons (Fsp3) is 0.364. The zero-order valence-corrected chi connectivity index (χ0v) is 9.47. The van der Waals surface area contributed by atoms with Crippen molar-refractivity contribution in [1.29, 1.82) is 0 Å². The van der Waals surface area contributed by atoms with E-state index in [9.17, 15) is 14.4 Å². The van der Waals surface area contributed by atoms with E-state index in [1.165, 1.54) is 0 Å². The molecular weight excluding hydrogens is 228 g/mol. The molecule has 6 heteroatoms. The highest BCUT2D eigenvalue weighted by molar-refractivity contribution is 6.04. The summed E-state index contributed by atoms with van der Waals surface area (Å²) in [6.45, 7) is 5.44. The van der Waals surface area contributed by atoms with Crippen LogP contribution < -0.4 is 0 Å². The van der Waals surface area contributed by atoms with Gasteiger partial charge in [0.15, 0.2) is 0 Å². The Balaban J connectivity index is 0.000000318. The van der Waals surface area contributed by atoms with Crippen molar-refractivity contribution in [1.82, 2.24) is 0 Å². The van der Waals surface area contributed by atoms with Crippen molar-refractivity contribution in [2.24, 2.45) is 0 Å². The minimum atomic E-state index is -0.728.